The van der Waals surface area contributed by atoms with Crippen LogP contribution in [0.15, 0.2) is 18.2 Å². The Hall–Kier alpha value is -1.00. The molecule has 1 aromatic carbocycles. The molecular formula is C14H20F2N2. The van der Waals surface area contributed by atoms with Crippen molar-refractivity contribution in [1.82, 2.24) is 10.6 Å². The van der Waals surface area contributed by atoms with Gasteiger partial charge in [-0.15, -0.1) is 0 Å². The van der Waals surface area contributed by atoms with Gasteiger partial charge in [-0.25, -0.2) is 8.78 Å². The van der Waals surface area contributed by atoms with Gasteiger partial charge in [0.2, 0.25) is 0 Å². The molecule has 2 nitrogen and oxygen atoms in total. The fourth-order valence-electron chi connectivity index (χ4n) is 2.47. The summed E-state index contributed by atoms with van der Waals surface area (Å²) in [5.41, 5.74) is 0.643. The molecule has 0 bridgehead atoms. The highest BCUT2D eigenvalue weighted by atomic mass is 19.1. The molecule has 2 N–H and O–H groups in total. The molecule has 0 radical (unpaired) electrons. The molecule has 0 spiro atoms. The van der Waals surface area contributed by atoms with Crippen LogP contribution in [0.5, 0.6) is 0 Å². The van der Waals surface area contributed by atoms with Gasteiger partial charge >= 0.3 is 0 Å². The number of hydrogen-bond donors (Lipinski definition) is 2. The first-order valence-electron chi connectivity index (χ1n) is 6.39. The molecule has 1 heterocycles. The minimum atomic E-state index is -0.528. The Morgan fingerprint density at radius 2 is 2.17 bits per heavy atom. The molecule has 1 atom stereocenters. The molecule has 0 saturated carbocycles. The number of halogens is 2. The fraction of sp³-hybridized carbons (Fsp3) is 0.571. The first-order valence-corrected chi connectivity index (χ1v) is 6.39. The van der Waals surface area contributed by atoms with Crippen molar-refractivity contribution in [2.24, 2.45) is 0 Å². The summed E-state index contributed by atoms with van der Waals surface area (Å²) in [5, 5.41) is 6.79. The van der Waals surface area contributed by atoms with Gasteiger partial charge in [-0.1, -0.05) is 6.07 Å². The molecule has 0 amide bonds. The van der Waals surface area contributed by atoms with Crippen LogP contribution < -0.4 is 10.6 Å². The molecular weight excluding hydrogens is 234 g/mol. The van der Waals surface area contributed by atoms with Gasteiger partial charge < -0.3 is 10.6 Å². The highest BCUT2D eigenvalue weighted by Crippen LogP contribution is 2.19. The molecule has 1 saturated heterocycles. The Balaban J connectivity index is 1.91. The lowest BCUT2D eigenvalue weighted by atomic mass is 9.89. The van der Waals surface area contributed by atoms with E-state index >= 15 is 0 Å². The van der Waals surface area contributed by atoms with Crippen LogP contribution in [0, 0.1) is 11.6 Å². The van der Waals surface area contributed by atoms with Gasteiger partial charge in [-0.05, 0) is 39.3 Å². The van der Waals surface area contributed by atoms with Crippen molar-refractivity contribution >= 4 is 0 Å². The van der Waals surface area contributed by atoms with E-state index in [9.17, 15) is 8.78 Å². The number of nitrogens with one attached hydrogen (secondary N) is 2. The van der Waals surface area contributed by atoms with Crippen molar-refractivity contribution < 1.29 is 8.78 Å². The Morgan fingerprint density at radius 1 is 1.39 bits per heavy atom. The molecule has 1 fully saturated rings. The van der Waals surface area contributed by atoms with E-state index in [1.165, 1.54) is 12.1 Å². The normalized spacial score (nSPS) is 23.0. The van der Waals surface area contributed by atoms with Crippen molar-refractivity contribution in [3.63, 3.8) is 0 Å². The number of piperidine rings is 1. The Labute approximate surface area is 107 Å². The molecule has 1 unspecified atom stereocenters. The van der Waals surface area contributed by atoms with Gasteiger partial charge in [0.25, 0.3) is 0 Å². The second-order valence-electron chi connectivity index (χ2n) is 5.62. The maximum absolute atomic E-state index is 13.5. The summed E-state index contributed by atoms with van der Waals surface area (Å²) in [7, 11) is 0. The lowest BCUT2D eigenvalue weighted by Gasteiger charge is -2.37. The summed E-state index contributed by atoms with van der Waals surface area (Å²) in [4.78, 5) is 0. The zero-order valence-corrected chi connectivity index (χ0v) is 10.9. The van der Waals surface area contributed by atoms with Crippen LogP contribution >= 0.6 is 0 Å². The predicted octanol–water partition coefficient (Wildman–Crippen LogP) is 2.59. The minimum Gasteiger partial charge on any atom is -0.312 e. The van der Waals surface area contributed by atoms with Crippen molar-refractivity contribution in [3.05, 3.63) is 35.4 Å². The zero-order valence-electron chi connectivity index (χ0n) is 10.9. The van der Waals surface area contributed by atoms with Crippen molar-refractivity contribution in [2.45, 2.75) is 44.8 Å². The summed E-state index contributed by atoms with van der Waals surface area (Å²) in [6.45, 7) is 5.75. The van der Waals surface area contributed by atoms with E-state index in [-0.39, 0.29) is 5.54 Å². The van der Waals surface area contributed by atoms with E-state index < -0.39 is 11.6 Å². The average molecular weight is 254 g/mol. The van der Waals surface area contributed by atoms with Crippen molar-refractivity contribution in [3.8, 4) is 0 Å². The van der Waals surface area contributed by atoms with Crippen LogP contribution in [-0.4, -0.2) is 18.1 Å². The third-order valence-corrected chi connectivity index (χ3v) is 3.45. The molecule has 1 aliphatic rings. The Morgan fingerprint density at radius 3 is 2.83 bits per heavy atom. The van der Waals surface area contributed by atoms with Gasteiger partial charge in [-0.3, -0.25) is 0 Å². The topological polar surface area (TPSA) is 24.1 Å². The van der Waals surface area contributed by atoms with E-state index in [0.29, 0.717) is 18.2 Å². The fourth-order valence-corrected chi connectivity index (χ4v) is 2.47. The number of hydrogen-bond acceptors (Lipinski definition) is 2. The summed E-state index contributed by atoms with van der Waals surface area (Å²) >= 11 is 0. The highest BCUT2D eigenvalue weighted by molar-refractivity contribution is 5.18. The SMILES string of the molecule is CC1(C)CC(NCc2ccc(F)cc2F)CCN1. The van der Waals surface area contributed by atoms with Crippen molar-refractivity contribution in [2.75, 3.05) is 6.54 Å². The summed E-state index contributed by atoms with van der Waals surface area (Å²) in [5.74, 6) is -1.00. The molecule has 100 valence electrons. The van der Waals surface area contributed by atoms with Crippen LogP contribution in [0.3, 0.4) is 0 Å². The number of rotatable bonds is 3. The van der Waals surface area contributed by atoms with Crippen LogP contribution in [0.4, 0.5) is 8.78 Å². The lowest BCUT2D eigenvalue weighted by Crippen LogP contribution is -2.51. The van der Waals surface area contributed by atoms with E-state index in [0.717, 1.165) is 25.5 Å². The third-order valence-electron chi connectivity index (χ3n) is 3.45. The van der Waals surface area contributed by atoms with E-state index in [1.807, 2.05) is 0 Å². The molecule has 18 heavy (non-hydrogen) atoms. The molecule has 2 rings (SSSR count). The van der Waals surface area contributed by atoms with Crippen LogP contribution in [-0.2, 0) is 6.54 Å². The van der Waals surface area contributed by atoms with E-state index in [1.54, 1.807) is 0 Å². The maximum Gasteiger partial charge on any atom is 0.130 e. The number of benzene rings is 1. The molecule has 0 aromatic heterocycles. The molecule has 4 heteroatoms. The zero-order chi connectivity index (χ0) is 13.2. The maximum atomic E-state index is 13.5. The monoisotopic (exact) mass is 254 g/mol. The van der Waals surface area contributed by atoms with Crippen LogP contribution in [0.1, 0.15) is 32.3 Å². The second kappa shape index (κ2) is 5.33. The first-order chi connectivity index (χ1) is 8.46. The Kier molecular flexibility index (Phi) is 3.97. The summed E-state index contributed by atoms with van der Waals surface area (Å²) in [6, 6.07) is 4.12. The quantitative estimate of drug-likeness (QED) is 0.866. The smallest absolute Gasteiger partial charge is 0.130 e. The van der Waals surface area contributed by atoms with Gasteiger partial charge in [-0.2, -0.15) is 0 Å². The van der Waals surface area contributed by atoms with E-state index in [2.05, 4.69) is 24.5 Å². The van der Waals surface area contributed by atoms with E-state index in [4.69, 9.17) is 0 Å². The average Bonchev–Trinajstić information content (AvgIpc) is 2.26. The minimum absolute atomic E-state index is 0.122. The summed E-state index contributed by atoms with van der Waals surface area (Å²) in [6.07, 6.45) is 2.04. The summed E-state index contributed by atoms with van der Waals surface area (Å²) < 4.78 is 26.2. The Bertz CT molecular complexity index is 418. The standard InChI is InChI=1S/C14H20F2N2/c1-14(2)8-12(5-6-18-14)17-9-10-3-4-11(15)7-13(10)16/h3-4,7,12,17-18H,5-6,8-9H2,1-2H3. The molecule has 1 aliphatic heterocycles. The van der Waals surface area contributed by atoms with Gasteiger partial charge in [0, 0.05) is 29.8 Å². The van der Waals surface area contributed by atoms with Crippen LogP contribution in [0.25, 0.3) is 0 Å². The lowest BCUT2D eigenvalue weighted by molar-refractivity contribution is 0.247. The third kappa shape index (κ3) is 3.50. The predicted molar refractivity (Wildman–Crippen MR) is 68.3 cm³/mol. The van der Waals surface area contributed by atoms with Gasteiger partial charge in [0.1, 0.15) is 11.6 Å². The largest absolute Gasteiger partial charge is 0.312 e. The first kappa shape index (κ1) is 13.4. The van der Waals surface area contributed by atoms with Gasteiger partial charge in [0.15, 0.2) is 0 Å². The van der Waals surface area contributed by atoms with Crippen molar-refractivity contribution in [1.29, 1.82) is 0 Å². The highest BCUT2D eigenvalue weighted by Gasteiger charge is 2.26. The van der Waals surface area contributed by atoms with Crippen LogP contribution in [0.2, 0.25) is 0 Å². The van der Waals surface area contributed by atoms with Gasteiger partial charge in [0.05, 0.1) is 0 Å². The molecule has 0 aliphatic carbocycles. The second-order valence-corrected chi connectivity index (χ2v) is 5.62. The molecule has 1 aromatic rings.